The fourth-order valence-corrected chi connectivity index (χ4v) is 5.58. The van der Waals surface area contributed by atoms with Crippen molar-refractivity contribution in [3.63, 3.8) is 0 Å². The summed E-state index contributed by atoms with van der Waals surface area (Å²) in [6, 6.07) is 15.4. The van der Waals surface area contributed by atoms with Crippen molar-refractivity contribution in [3.05, 3.63) is 82.3 Å². The molecule has 0 heterocycles. The number of allylic oxidation sites excluding steroid dienone is 4. The Balaban J connectivity index is 1.70. The zero-order valence-corrected chi connectivity index (χ0v) is 24.5. The molecule has 210 valence electrons. The van der Waals surface area contributed by atoms with Crippen LogP contribution in [0, 0.1) is 24.7 Å². The molecular weight excluding hydrogens is 500 g/mol. The van der Waals surface area contributed by atoms with Crippen LogP contribution in [0.5, 0.6) is 0 Å². The number of benzene rings is 2. The maximum Gasteiger partial charge on any atom is 0.168 e. The van der Waals surface area contributed by atoms with Crippen LogP contribution in [0.25, 0.3) is 0 Å². The van der Waals surface area contributed by atoms with Crippen LogP contribution in [0.15, 0.2) is 81.2 Å². The number of hydrogen-bond donors (Lipinski definition) is 2. The number of Topliss-reactive ketones (excluding diaryl/α,β-unsaturated/α-hetero) is 2. The van der Waals surface area contributed by atoms with Crippen molar-refractivity contribution in [2.75, 3.05) is 0 Å². The van der Waals surface area contributed by atoms with Crippen molar-refractivity contribution in [1.29, 1.82) is 0 Å². The molecule has 2 saturated carbocycles. The van der Waals surface area contributed by atoms with Crippen LogP contribution in [0.2, 0.25) is 0 Å². The summed E-state index contributed by atoms with van der Waals surface area (Å²) in [5, 5.41) is 22.4. The average Bonchev–Trinajstić information content (AvgIpc) is 2.83. The molecule has 0 spiro atoms. The van der Waals surface area contributed by atoms with Gasteiger partial charge in [0.2, 0.25) is 0 Å². The predicted molar refractivity (Wildman–Crippen MR) is 161 cm³/mol. The van der Waals surface area contributed by atoms with Crippen molar-refractivity contribution >= 4 is 34.4 Å². The first-order valence-corrected chi connectivity index (χ1v) is 13.9. The molecule has 0 radical (unpaired) electrons. The summed E-state index contributed by atoms with van der Waals surface area (Å²) in [6.07, 6.45) is 1.71. The second-order valence-corrected chi connectivity index (χ2v) is 12.7. The van der Waals surface area contributed by atoms with Gasteiger partial charge >= 0.3 is 0 Å². The Labute approximate surface area is 237 Å². The molecule has 2 N–H and O–H groups in total. The van der Waals surface area contributed by atoms with Gasteiger partial charge in [-0.2, -0.15) is 0 Å². The molecule has 2 aromatic rings. The largest absolute Gasteiger partial charge is 0.511 e. The Kier molecular flexibility index (Phi) is 8.29. The summed E-state index contributed by atoms with van der Waals surface area (Å²) in [7, 11) is 0. The second kappa shape index (κ2) is 11.4. The molecular formula is C34H40N2O4. The first kappa shape index (κ1) is 29.2. The van der Waals surface area contributed by atoms with Gasteiger partial charge in [-0.1, -0.05) is 64.1 Å². The van der Waals surface area contributed by atoms with Crippen LogP contribution in [-0.4, -0.2) is 33.2 Å². The molecule has 0 aliphatic heterocycles. The fourth-order valence-electron chi connectivity index (χ4n) is 5.58. The fraction of sp³-hybridized carbons (Fsp3) is 0.412. The number of aliphatic imine (C=N–C) groups is 2. The van der Waals surface area contributed by atoms with E-state index in [1.54, 1.807) is 0 Å². The monoisotopic (exact) mass is 540 g/mol. The van der Waals surface area contributed by atoms with Crippen LogP contribution in [0.3, 0.4) is 0 Å². The number of ketones is 2. The number of aryl methyl sites for hydroxylation is 2. The summed E-state index contributed by atoms with van der Waals surface area (Å²) in [6.45, 7) is 12.0. The number of para-hydroxylation sites is 2. The molecule has 6 nitrogen and oxygen atoms in total. The highest BCUT2D eigenvalue weighted by Gasteiger charge is 2.38. The quantitative estimate of drug-likeness (QED) is 0.294. The van der Waals surface area contributed by atoms with Crippen LogP contribution in [-0.2, 0) is 9.59 Å². The number of nitrogens with zero attached hydrogens (tertiary/aromatic N) is 2. The molecule has 0 amide bonds. The lowest BCUT2D eigenvalue weighted by Crippen LogP contribution is -2.33. The van der Waals surface area contributed by atoms with Gasteiger partial charge in [-0.15, -0.1) is 0 Å². The number of hydrogen-bond acceptors (Lipinski definition) is 6. The van der Waals surface area contributed by atoms with Crippen LogP contribution < -0.4 is 0 Å². The van der Waals surface area contributed by atoms with Crippen molar-refractivity contribution in [3.8, 4) is 0 Å². The molecule has 0 atom stereocenters. The van der Waals surface area contributed by atoms with Gasteiger partial charge in [0.25, 0.3) is 0 Å². The summed E-state index contributed by atoms with van der Waals surface area (Å²) in [4.78, 5) is 36.1. The number of carbonyl (C=O) groups excluding carboxylic acids is 2. The highest BCUT2D eigenvalue weighted by atomic mass is 16.3. The molecule has 40 heavy (non-hydrogen) atoms. The Hall–Kier alpha value is -3.80. The van der Waals surface area contributed by atoms with Gasteiger partial charge in [-0.05, 0) is 60.8 Å². The number of aliphatic hydroxyl groups is 2. The molecule has 2 fully saturated rings. The van der Waals surface area contributed by atoms with E-state index in [0.29, 0.717) is 37.1 Å². The highest BCUT2D eigenvalue weighted by Crippen LogP contribution is 2.39. The van der Waals surface area contributed by atoms with Crippen molar-refractivity contribution < 1.29 is 19.8 Å². The normalized spacial score (nSPS) is 23.4. The summed E-state index contributed by atoms with van der Waals surface area (Å²) < 4.78 is 0. The van der Waals surface area contributed by atoms with E-state index in [1.807, 2.05) is 90.1 Å². The lowest BCUT2D eigenvalue weighted by Gasteiger charge is -2.32. The zero-order chi connectivity index (χ0) is 29.2. The maximum atomic E-state index is 13.2. The SMILES string of the molecule is Cc1ccccc1N=C1CC(C)(C)CC(=O)/C1=C(/O)CC/C(O)=C1\C(=O)CC(C)(C)CC1=Nc1ccccc1C. The van der Waals surface area contributed by atoms with Crippen LogP contribution in [0.1, 0.15) is 77.3 Å². The van der Waals surface area contributed by atoms with Crippen molar-refractivity contribution in [2.24, 2.45) is 20.8 Å². The van der Waals surface area contributed by atoms with E-state index in [9.17, 15) is 19.8 Å². The maximum absolute atomic E-state index is 13.2. The third-order valence-electron chi connectivity index (χ3n) is 7.62. The molecule has 6 heteroatoms. The van der Waals surface area contributed by atoms with Gasteiger partial charge in [-0.3, -0.25) is 19.6 Å². The minimum absolute atomic E-state index is 0.0118. The van der Waals surface area contributed by atoms with Crippen LogP contribution in [0.4, 0.5) is 11.4 Å². The van der Waals surface area contributed by atoms with E-state index in [2.05, 4.69) is 0 Å². The second-order valence-electron chi connectivity index (χ2n) is 12.7. The molecule has 2 aromatic carbocycles. The molecule has 0 aromatic heterocycles. The minimum Gasteiger partial charge on any atom is -0.511 e. The standard InChI is InChI=1S/C34H40N2O4/c1-21-11-7-9-13-23(21)35-25-17-33(3,4)19-29(39)31(25)27(37)15-16-28(38)32-26(18-34(5,6)20-30(32)40)36-24-14-10-8-12-22(24)2/h7-14,37-38H,15-20H2,1-6H3/b31-27+,32-28+,35-25?,36-26?. The van der Waals surface area contributed by atoms with Gasteiger partial charge in [0.05, 0.1) is 33.9 Å². The predicted octanol–water partition coefficient (Wildman–Crippen LogP) is 8.33. The molecule has 0 unspecified atom stereocenters. The van der Waals surface area contributed by atoms with Gasteiger partial charge in [-0.25, -0.2) is 0 Å². The summed E-state index contributed by atoms with van der Waals surface area (Å²) in [5.74, 6) is -0.544. The molecule has 0 bridgehead atoms. The third kappa shape index (κ3) is 6.67. The van der Waals surface area contributed by atoms with Gasteiger partial charge in [0.15, 0.2) is 11.6 Å². The summed E-state index contributed by atoms with van der Waals surface area (Å²) in [5.41, 5.74) is 4.46. The molecule has 0 saturated heterocycles. The average molecular weight is 541 g/mol. The number of aliphatic hydroxyl groups excluding tert-OH is 2. The smallest absolute Gasteiger partial charge is 0.168 e. The van der Waals surface area contributed by atoms with E-state index >= 15 is 0 Å². The third-order valence-corrected chi connectivity index (χ3v) is 7.62. The molecule has 2 aliphatic rings. The van der Waals surface area contributed by atoms with E-state index in [1.165, 1.54) is 0 Å². The van der Waals surface area contributed by atoms with Crippen LogP contribution >= 0.6 is 0 Å². The summed E-state index contributed by atoms with van der Waals surface area (Å²) >= 11 is 0. The lowest BCUT2D eigenvalue weighted by molar-refractivity contribution is -0.118. The topological polar surface area (TPSA) is 99.3 Å². The van der Waals surface area contributed by atoms with E-state index in [4.69, 9.17) is 9.98 Å². The first-order valence-electron chi connectivity index (χ1n) is 13.9. The van der Waals surface area contributed by atoms with Gasteiger partial charge in [0, 0.05) is 25.7 Å². The van der Waals surface area contributed by atoms with Gasteiger partial charge in [0.1, 0.15) is 11.5 Å². The highest BCUT2D eigenvalue weighted by molar-refractivity contribution is 6.26. The zero-order valence-electron chi connectivity index (χ0n) is 24.5. The Morgan fingerprint density at radius 2 is 1.00 bits per heavy atom. The van der Waals surface area contributed by atoms with E-state index in [-0.39, 0.29) is 57.9 Å². The van der Waals surface area contributed by atoms with Gasteiger partial charge < -0.3 is 10.2 Å². The minimum atomic E-state index is -0.283. The number of rotatable bonds is 5. The first-order chi connectivity index (χ1) is 18.8. The molecule has 4 rings (SSSR count). The van der Waals surface area contributed by atoms with E-state index < -0.39 is 0 Å². The molecule has 2 aliphatic carbocycles. The Morgan fingerprint density at radius 3 is 1.35 bits per heavy atom. The van der Waals surface area contributed by atoms with Crippen molar-refractivity contribution in [2.45, 2.75) is 80.1 Å². The lowest BCUT2D eigenvalue weighted by atomic mass is 9.72. The Bertz CT molecular complexity index is 1360. The van der Waals surface area contributed by atoms with Crippen molar-refractivity contribution in [1.82, 2.24) is 0 Å². The number of carbonyl (C=O) groups is 2. The van der Waals surface area contributed by atoms with E-state index in [0.717, 1.165) is 22.5 Å². The Morgan fingerprint density at radius 1 is 0.650 bits per heavy atom.